The van der Waals surface area contributed by atoms with E-state index in [0.29, 0.717) is 31.9 Å². The van der Waals surface area contributed by atoms with Crippen molar-refractivity contribution in [2.45, 2.75) is 38.8 Å². The molecule has 1 N–H and O–H groups in total. The van der Waals surface area contributed by atoms with Crippen LogP contribution in [-0.4, -0.2) is 45.9 Å². The zero-order chi connectivity index (χ0) is 20.2. The lowest BCUT2D eigenvalue weighted by molar-refractivity contribution is -0.129. The largest absolute Gasteiger partial charge is 0.492 e. The summed E-state index contributed by atoms with van der Waals surface area (Å²) in [4.78, 5) is 20.0. The van der Waals surface area contributed by atoms with Crippen LogP contribution in [0.3, 0.4) is 0 Å². The SMILES string of the molecule is Cc1csc2nc(CN3C(=O)CC[C@@H]3CCNCCOc3ccc(F)cc3)cn12. The second-order valence-electron chi connectivity index (χ2n) is 7.32. The van der Waals surface area contributed by atoms with Crippen molar-refractivity contribution in [1.82, 2.24) is 19.6 Å². The van der Waals surface area contributed by atoms with E-state index >= 15 is 0 Å². The summed E-state index contributed by atoms with van der Waals surface area (Å²) >= 11 is 1.62. The number of hydrogen-bond donors (Lipinski definition) is 1. The second kappa shape index (κ2) is 8.92. The Balaban J connectivity index is 1.21. The number of amides is 1. The maximum absolute atomic E-state index is 12.9. The summed E-state index contributed by atoms with van der Waals surface area (Å²) in [7, 11) is 0. The number of ether oxygens (including phenoxy) is 1. The fraction of sp³-hybridized carbons (Fsp3) is 0.429. The van der Waals surface area contributed by atoms with Gasteiger partial charge in [0.2, 0.25) is 5.91 Å². The van der Waals surface area contributed by atoms with Gasteiger partial charge in [-0.05, 0) is 50.6 Å². The van der Waals surface area contributed by atoms with Gasteiger partial charge in [0, 0.05) is 36.3 Å². The molecule has 4 rings (SSSR count). The number of nitrogens with one attached hydrogen (secondary N) is 1. The number of hydrogen-bond acceptors (Lipinski definition) is 5. The number of rotatable bonds is 9. The summed E-state index contributed by atoms with van der Waals surface area (Å²) in [6.07, 6.45) is 4.45. The van der Waals surface area contributed by atoms with Gasteiger partial charge in [0.1, 0.15) is 18.2 Å². The van der Waals surface area contributed by atoms with Gasteiger partial charge in [0.25, 0.3) is 0 Å². The fourth-order valence-electron chi connectivity index (χ4n) is 3.67. The number of halogens is 1. The van der Waals surface area contributed by atoms with Crippen molar-refractivity contribution >= 4 is 22.2 Å². The Morgan fingerprint density at radius 2 is 2.14 bits per heavy atom. The predicted molar refractivity (Wildman–Crippen MR) is 111 cm³/mol. The molecule has 154 valence electrons. The summed E-state index contributed by atoms with van der Waals surface area (Å²) in [6.45, 7) is 4.67. The molecule has 1 atom stereocenters. The molecule has 1 aromatic carbocycles. The van der Waals surface area contributed by atoms with Crippen LogP contribution in [-0.2, 0) is 11.3 Å². The summed E-state index contributed by atoms with van der Waals surface area (Å²) < 4.78 is 20.5. The zero-order valence-electron chi connectivity index (χ0n) is 16.4. The van der Waals surface area contributed by atoms with Gasteiger partial charge in [-0.3, -0.25) is 9.20 Å². The molecule has 0 saturated carbocycles. The standard InChI is InChI=1S/C21H25FN4O2S/c1-15-14-29-21-24-17(12-25(15)21)13-26-18(4-7-20(26)27)8-9-23-10-11-28-19-5-2-16(22)3-6-19/h2-3,5-6,12,14,18,23H,4,7-11,13H2,1H3/t18-/m1/s1. The average Bonchev–Trinajstić information content (AvgIpc) is 3.38. The minimum Gasteiger partial charge on any atom is -0.492 e. The molecule has 6 nitrogen and oxygen atoms in total. The number of benzene rings is 1. The molecule has 1 aliphatic heterocycles. The molecule has 0 aliphatic carbocycles. The lowest BCUT2D eigenvalue weighted by atomic mass is 10.1. The monoisotopic (exact) mass is 416 g/mol. The molecule has 0 spiro atoms. The third-order valence-electron chi connectivity index (χ3n) is 5.24. The molecule has 8 heteroatoms. The molecule has 3 aromatic rings. The third kappa shape index (κ3) is 4.76. The number of nitrogens with zero attached hydrogens (tertiary/aromatic N) is 3. The lowest BCUT2D eigenvalue weighted by Crippen LogP contribution is -2.35. The Bertz CT molecular complexity index is 969. The van der Waals surface area contributed by atoms with E-state index in [1.165, 1.54) is 17.8 Å². The molecule has 0 unspecified atom stereocenters. The first-order chi connectivity index (χ1) is 14.1. The average molecular weight is 417 g/mol. The van der Waals surface area contributed by atoms with Gasteiger partial charge in [0.05, 0.1) is 12.2 Å². The molecule has 1 saturated heterocycles. The minimum atomic E-state index is -0.267. The maximum atomic E-state index is 12.9. The van der Waals surface area contributed by atoms with Crippen LogP contribution in [0.2, 0.25) is 0 Å². The van der Waals surface area contributed by atoms with E-state index in [0.717, 1.165) is 30.0 Å². The fourth-order valence-corrected chi connectivity index (χ4v) is 4.54. The Morgan fingerprint density at radius 1 is 1.31 bits per heavy atom. The Labute approximate surface area is 173 Å². The Hall–Kier alpha value is -2.45. The molecule has 2 aromatic heterocycles. The van der Waals surface area contributed by atoms with Crippen molar-refractivity contribution in [3.8, 4) is 5.75 Å². The van der Waals surface area contributed by atoms with Gasteiger partial charge in [0.15, 0.2) is 4.96 Å². The maximum Gasteiger partial charge on any atom is 0.223 e. The summed E-state index contributed by atoms with van der Waals surface area (Å²) in [6, 6.07) is 6.27. The van der Waals surface area contributed by atoms with E-state index in [4.69, 9.17) is 4.74 Å². The molecule has 3 heterocycles. The summed E-state index contributed by atoms with van der Waals surface area (Å²) in [5, 5.41) is 5.45. The van der Waals surface area contributed by atoms with Crippen molar-refractivity contribution < 1.29 is 13.9 Å². The first-order valence-electron chi connectivity index (χ1n) is 9.91. The molecule has 1 aliphatic rings. The van der Waals surface area contributed by atoms with Crippen LogP contribution in [0.4, 0.5) is 4.39 Å². The molecule has 0 radical (unpaired) electrons. The number of carbonyl (C=O) groups excluding carboxylic acids is 1. The third-order valence-corrected chi connectivity index (χ3v) is 6.20. The van der Waals surface area contributed by atoms with Crippen LogP contribution in [0, 0.1) is 12.7 Å². The topological polar surface area (TPSA) is 58.9 Å². The highest BCUT2D eigenvalue weighted by atomic mass is 32.1. The van der Waals surface area contributed by atoms with E-state index in [9.17, 15) is 9.18 Å². The van der Waals surface area contributed by atoms with Crippen LogP contribution >= 0.6 is 11.3 Å². The van der Waals surface area contributed by atoms with Crippen LogP contribution < -0.4 is 10.1 Å². The minimum absolute atomic E-state index is 0.211. The number of aryl methyl sites for hydroxylation is 1. The molecule has 1 amide bonds. The number of thiazole rings is 1. The second-order valence-corrected chi connectivity index (χ2v) is 8.15. The predicted octanol–water partition coefficient (Wildman–Crippen LogP) is 3.39. The molecule has 1 fully saturated rings. The number of likely N-dealkylation sites (tertiary alicyclic amines) is 1. The first-order valence-corrected chi connectivity index (χ1v) is 10.8. The van der Waals surface area contributed by atoms with Crippen LogP contribution in [0.5, 0.6) is 5.75 Å². The van der Waals surface area contributed by atoms with Crippen LogP contribution in [0.25, 0.3) is 4.96 Å². The molecule has 0 bridgehead atoms. The summed E-state index contributed by atoms with van der Waals surface area (Å²) in [5.74, 6) is 0.607. The van der Waals surface area contributed by atoms with Gasteiger partial charge in [-0.1, -0.05) is 0 Å². The molecular formula is C21H25FN4O2S. The van der Waals surface area contributed by atoms with Gasteiger partial charge in [-0.2, -0.15) is 0 Å². The van der Waals surface area contributed by atoms with E-state index < -0.39 is 0 Å². The zero-order valence-corrected chi connectivity index (χ0v) is 17.3. The normalized spacial score (nSPS) is 16.8. The Morgan fingerprint density at radius 3 is 2.93 bits per heavy atom. The quantitative estimate of drug-likeness (QED) is 0.543. The number of aromatic nitrogens is 2. The van der Waals surface area contributed by atoms with E-state index in [-0.39, 0.29) is 17.8 Å². The first kappa shape index (κ1) is 19.8. The van der Waals surface area contributed by atoms with E-state index in [1.807, 2.05) is 11.1 Å². The van der Waals surface area contributed by atoms with Crippen molar-refractivity contribution in [3.05, 3.63) is 53.0 Å². The molecular weight excluding hydrogens is 391 g/mol. The Kier molecular flexibility index (Phi) is 6.10. The van der Waals surface area contributed by atoms with E-state index in [2.05, 4.69) is 27.0 Å². The van der Waals surface area contributed by atoms with Crippen molar-refractivity contribution in [3.63, 3.8) is 0 Å². The number of fused-ring (bicyclic) bond motifs is 1. The van der Waals surface area contributed by atoms with Crippen LogP contribution in [0.15, 0.2) is 35.8 Å². The summed E-state index contributed by atoms with van der Waals surface area (Å²) in [5.41, 5.74) is 2.11. The van der Waals surface area contributed by atoms with Crippen molar-refractivity contribution in [2.24, 2.45) is 0 Å². The van der Waals surface area contributed by atoms with Gasteiger partial charge >= 0.3 is 0 Å². The highest BCUT2D eigenvalue weighted by Gasteiger charge is 2.31. The highest BCUT2D eigenvalue weighted by molar-refractivity contribution is 7.15. The molecule has 29 heavy (non-hydrogen) atoms. The highest BCUT2D eigenvalue weighted by Crippen LogP contribution is 2.24. The van der Waals surface area contributed by atoms with E-state index in [1.54, 1.807) is 23.5 Å². The van der Waals surface area contributed by atoms with Crippen molar-refractivity contribution in [2.75, 3.05) is 19.7 Å². The number of carbonyl (C=O) groups is 1. The van der Waals surface area contributed by atoms with Crippen LogP contribution in [0.1, 0.15) is 30.7 Å². The van der Waals surface area contributed by atoms with Gasteiger partial charge in [-0.25, -0.2) is 9.37 Å². The number of imidazole rings is 1. The lowest BCUT2D eigenvalue weighted by Gasteiger charge is -2.24. The van der Waals surface area contributed by atoms with Gasteiger partial charge < -0.3 is 15.0 Å². The smallest absolute Gasteiger partial charge is 0.223 e. The van der Waals surface area contributed by atoms with Gasteiger partial charge in [-0.15, -0.1) is 11.3 Å². The van der Waals surface area contributed by atoms with Crippen molar-refractivity contribution in [1.29, 1.82) is 0 Å².